The van der Waals surface area contributed by atoms with Crippen molar-refractivity contribution in [2.45, 2.75) is 87.7 Å². The molecule has 5 N–H and O–H groups in total. The Hall–Kier alpha value is -2.15. The minimum Gasteiger partial charge on any atom is -0.479 e. The Balaban J connectivity index is 1.35. The molecule has 3 aliphatic carbocycles. The molecule has 184 valence electrons. The summed E-state index contributed by atoms with van der Waals surface area (Å²) in [6, 6.07) is 5.67. The molecule has 0 aromatic heterocycles. The molecule has 8 heteroatoms. The number of hydrogen-bond acceptors (Lipinski definition) is 7. The maximum atomic E-state index is 11.3. The van der Waals surface area contributed by atoms with E-state index in [-0.39, 0.29) is 5.41 Å². The minimum atomic E-state index is -1.76. The lowest BCUT2D eigenvalue weighted by Crippen LogP contribution is -2.61. The first-order valence-electron chi connectivity index (χ1n) is 12.0. The first kappa shape index (κ1) is 23.6. The summed E-state index contributed by atoms with van der Waals surface area (Å²) in [6.07, 6.45) is 2.78. The lowest BCUT2D eigenvalue weighted by molar-refractivity contribution is -0.271. The summed E-state index contributed by atoms with van der Waals surface area (Å²) in [5.41, 5.74) is 1.09. The van der Waals surface area contributed by atoms with Gasteiger partial charge in [-0.3, -0.25) is 0 Å². The van der Waals surface area contributed by atoms with Gasteiger partial charge in [0.2, 0.25) is 6.29 Å². The van der Waals surface area contributed by atoms with Crippen molar-refractivity contribution < 1.29 is 39.8 Å². The van der Waals surface area contributed by atoms with E-state index in [2.05, 4.69) is 12.8 Å². The van der Waals surface area contributed by atoms with E-state index in [0.29, 0.717) is 29.9 Å². The predicted octanol–water partition coefficient (Wildman–Crippen LogP) is 1.18. The Morgan fingerprint density at radius 3 is 2.62 bits per heavy atom. The summed E-state index contributed by atoms with van der Waals surface area (Å²) < 4.78 is 11.0. The number of terminal acetylenes is 1. The molecule has 0 radical (unpaired) electrons. The topological polar surface area (TPSA) is 137 Å². The van der Waals surface area contributed by atoms with Gasteiger partial charge in [0.15, 0.2) is 6.10 Å². The molecule has 1 aromatic rings. The van der Waals surface area contributed by atoms with Crippen LogP contribution in [0.3, 0.4) is 0 Å². The zero-order valence-corrected chi connectivity index (χ0v) is 19.1. The van der Waals surface area contributed by atoms with Crippen LogP contribution in [0.2, 0.25) is 0 Å². The van der Waals surface area contributed by atoms with Crippen molar-refractivity contribution >= 4 is 5.97 Å². The van der Waals surface area contributed by atoms with Gasteiger partial charge in [-0.05, 0) is 79.5 Å². The molecule has 34 heavy (non-hydrogen) atoms. The van der Waals surface area contributed by atoms with Crippen LogP contribution in [0.25, 0.3) is 0 Å². The third-order valence-electron chi connectivity index (χ3n) is 9.15. The van der Waals surface area contributed by atoms with E-state index in [0.717, 1.165) is 37.7 Å². The van der Waals surface area contributed by atoms with Gasteiger partial charge in [-0.25, -0.2) is 4.79 Å². The second-order valence-corrected chi connectivity index (χ2v) is 10.6. The number of carbonyl (C=O) groups is 1. The van der Waals surface area contributed by atoms with Gasteiger partial charge in [-0.2, -0.15) is 0 Å². The van der Waals surface area contributed by atoms with Crippen LogP contribution >= 0.6 is 0 Å². The predicted molar refractivity (Wildman–Crippen MR) is 120 cm³/mol. The van der Waals surface area contributed by atoms with E-state index in [1.165, 1.54) is 5.56 Å². The highest BCUT2D eigenvalue weighted by atomic mass is 16.7. The van der Waals surface area contributed by atoms with Gasteiger partial charge in [0.25, 0.3) is 0 Å². The highest BCUT2D eigenvalue weighted by Crippen LogP contribution is 2.64. The maximum Gasteiger partial charge on any atom is 0.335 e. The summed E-state index contributed by atoms with van der Waals surface area (Å²) in [5.74, 6) is 2.86. The standard InChI is InChI=1S/C26H32O8/c1-3-26(32)11-9-18-17-6-4-13-12-14(5-7-15(13)16(17)8-10-25(18,26)2)33-24-21(29)19(27)20(28)22(34-24)23(30)31/h1,5,7,12,16-22,24,27-29,32H,4,6,8-11H2,2H3,(H,30,31)/t16-,17-,18+,19+,20+,21+,22+,24-,25+,26+/m1/s1. The quantitative estimate of drug-likeness (QED) is 0.414. The van der Waals surface area contributed by atoms with Crippen LogP contribution in [-0.2, 0) is 16.0 Å². The summed E-state index contributed by atoms with van der Waals surface area (Å²) in [4.78, 5) is 11.3. The third-order valence-corrected chi connectivity index (χ3v) is 9.15. The van der Waals surface area contributed by atoms with Crippen LogP contribution in [0.15, 0.2) is 18.2 Å². The molecule has 3 fully saturated rings. The van der Waals surface area contributed by atoms with Gasteiger partial charge in [0.05, 0.1) is 0 Å². The lowest BCUT2D eigenvalue weighted by atomic mass is 9.53. The molecule has 5 rings (SSSR count). The highest BCUT2D eigenvalue weighted by molar-refractivity contribution is 5.73. The highest BCUT2D eigenvalue weighted by Gasteiger charge is 2.61. The van der Waals surface area contributed by atoms with Crippen molar-refractivity contribution in [3.05, 3.63) is 29.3 Å². The van der Waals surface area contributed by atoms with Crippen LogP contribution < -0.4 is 4.74 Å². The number of aliphatic hydroxyl groups is 4. The number of aliphatic hydroxyl groups excluding tert-OH is 3. The summed E-state index contributed by atoms with van der Waals surface area (Å²) >= 11 is 0. The van der Waals surface area contributed by atoms with Crippen LogP contribution in [0.1, 0.15) is 56.1 Å². The molecule has 4 aliphatic rings. The van der Waals surface area contributed by atoms with Gasteiger partial charge >= 0.3 is 5.97 Å². The average Bonchev–Trinajstić information content (AvgIpc) is 3.10. The van der Waals surface area contributed by atoms with E-state index in [4.69, 9.17) is 15.9 Å². The molecule has 1 aromatic carbocycles. The van der Waals surface area contributed by atoms with Crippen molar-refractivity contribution in [1.82, 2.24) is 0 Å². The fourth-order valence-electron chi connectivity index (χ4n) is 7.17. The number of benzene rings is 1. The van der Waals surface area contributed by atoms with Crippen LogP contribution in [0.4, 0.5) is 0 Å². The molecule has 8 nitrogen and oxygen atoms in total. The molecule has 1 saturated heterocycles. The van der Waals surface area contributed by atoms with E-state index < -0.39 is 42.3 Å². The molecule has 0 amide bonds. The van der Waals surface area contributed by atoms with Crippen LogP contribution in [-0.4, -0.2) is 67.8 Å². The molecular formula is C26H32O8. The molecule has 2 saturated carbocycles. The Labute approximate surface area is 198 Å². The van der Waals surface area contributed by atoms with Crippen molar-refractivity contribution in [3.63, 3.8) is 0 Å². The number of aryl methyl sites for hydroxylation is 1. The Morgan fingerprint density at radius 2 is 1.91 bits per heavy atom. The fraction of sp³-hybridized carbons (Fsp3) is 0.654. The number of fused-ring (bicyclic) bond motifs is 5. The smallest absolute Gasteiger partial charge is 0.335 e. The number of hydrogen-bond donors (Lipinski definition) is 5. The molecule has 1 aliphatic heterocycles. The number of rotatable bonds is 3. The lowest BCUT2D eigenvalue weighted by Gasteiger charge is -2.52. The van der Waals surface area contributed by atoms with E-state index in [1.807, 2.05) is 12.1 Å². The Bertz CT molecular complexity index is 1020. The second-order valence-electron chi connectivity index (χ2n) is 10.6. The zero-order chi connectivity index (χ0) is 24.4. The van der Waals surface area contributed by atoms with Gasteiger partial charge in [0.1, 0.15) is 29.7 Å². The van der Waals surface area contributed by atoms with Gasteiger partial charge in [-0.15, -0.1) is 6.42 Å². The maximum absolute atomic E-state index is 11.3. The van der Waals surface area contributed by atoms with Crippen molar-refractivity contribution in [3.8, 4) is 18.1 Å². The van der Waals surface area contributed by atoms with E-state index in [9.17, 15) is 30.3 Å². The van der Waals surface area contributed by atoms with Crippen LogP contribution in [0.5, 0.6) is 5.75 Å². The van der Waals surface area contributed by atoms with Gasteiger partial charge in [-0.1, -0.05) is 18.9 Å². The second kappa shape index (κ2) is 8.21. The molecule has 0 spiro atoms. The molecular weight excluding hydrogens is 440 g/mol. The summed E-state index contributed by atoms with van der Waals surface area (Å²) in [6.45, 7) is 2.15. The Kier molecular flexibility index (Phi) is 5.70. The van der Waals surface area contributed by atoms with Crippen molar-refractivity contribution in [2.75, 3.05) is 0 Å². The van der Waals surface area contributed by atoms with Crippen molar-refractivity contribution in [2.24, 2.45) is 17.3 Å². The summed E-state index contributed by atoms with van der Waals surface area (Å²) in [7, 11) is 0. The summed E-state index contributed by atoms with van der Waals surface area (Å²) in [5, 5.41) is 50.5. The third kappa shape index (κ3) is 3.37. The van der Waals surface area contributed by atoms with E-state index >= 15 is 0 Å². The SMILES string of the molecule is C#C[C@]1(O)CC[C@H]2[C@@H]3CCc4cc(O[C@@H]5O[C@H](C(=O)O)[C@@H](O)[C@H](O)[C@@H]5O)ccc4[C@H]3CC[C@@]21C. The minimum absolute atomic E-state index is 0.260. The first-order valence-corrected chi connectivity index (χ1v) is 12.0. The number of carboxylic acids is 1. The van der Waals surface area contributed by atoms with Crippen LogP contribution in [0, 0.1) is 29.6 Å². The first-order chi connectivity index (χ1) is 16.1. The largest absolute Gasteiger partial charge is 0.479 e. The van der Waals surface area contributed by atoms with Gasteiger partial charge < -0.3 is 35.0 Å². The van der Waals surface area contributed by atoms with Gasteiger partial charge in [0, 0.05) is 5.41 Å². The number of aliphatic carboxylic acids is 1. The van der Waals surface area contributed by atoms with E-state index in [1.54, 1.807) is 6.07 Å². The molecule has 0 bridgehead atoms. The monoisotopic (exact) mass is 472 g/mol. The molecule has 10 atom stereocenters. The number of ether oxygens (including phenoxy) is 2. The zero-order valence-electron chi connectivity index (χ0n) is 19.1. The van der Waals surface area contributed by atoms with Crippen molar-refractivity contribution in [1.29, 1.82) is 0 Å². The number of carboxylic acid groups (broad SMARTS) is 1. The molecule has 0 unspecified atom stereocenters. The Morgan fingerprint density at radius 1 is 1.15 bits per heavy atom. The molecule has 1 heterocycles. The fourth-order valence-corrected chi connectivity index (χ4v) is 7.17. The normalized spacial score (nSPS) is 45.4. The average molecular weight is 473 g/mol.